The van der Waals surface area contributed by atoms with Gasteiger partial charge in [0.15, 0.2) is 5.69 Å². The molecule has 2 aromatic rings. The number of H-pyrrole nitrogens is 1. The second-order valence-electron chi connectivity index (χ2n) is 7.81. The van der Waals surface area contributed by atoms with E-state index in [1.165, 1.54) is 0 Å². The van der Waals surface area contributed by atoms with Gasteiger partial charge in [0.25, 0.3) is 5.91 Å². The molecule has 1 aromatic carbocycles. The molecule has 3 aliphatic heterocycles. The summed E-state index contributed by atoms with van der Waals surface area (Å²) >= 11 is 0. The van der Waals surface area contributed by atoms with Crippen LogP contribution in [-0.2, 0) is 9.63 Å². The maximum absolute atomic E-state index is 13.3. The number of amides is 3. The topological polar surface area (TPSA) is 111 Å². The number of piperazine rings is 1. The number of rotatable bonds is 6. The first-order chi connectivity index (χ1) is 14.5. The predicted molar refractivity (Wildman–Crippen MR) is 110 cm³/mol. The van der Waals surface area contributed by atoms with Gasteiger partial charge in [0.05, 0.1) is 11.2 Å². The van der Waals surface area contributed by atoms with E-state index in [4.69, 9.17) is 4.84 Å². The van der Waals surface area contributed by atoms with Crippen molar-refractivity contribution in [2.45, 2.75) is 38.3 Å². The maximum Gasteiger partial charge on any atom is 0.355 e. The molecule has 10 heteroatoms. The first kappa shape index (κ1) is 20.1. The number of carbonyl (C=O) groups is 3. The third kappa shape index (κ3) is 3.58. The number of aromatic amines is 1. The van der Waals surface area contributed by atoms with Gasteiger partial charge in [-0.05, 0) is 44.5 Å². The van der Waals surface area contributed by atoms with Crippen LogP contribution in [0.2, 0.25) is 0 Å². The van der Waals surface area contributed by atoms with Crippen molar-refractivity contribution >= 4 is 35.0 Å². The lowest BCUT2D eigenvalue weighted by atomic mass is 9.91. The number of hydroxylamine groups is 1. The van der Waals surface area contributed by atoms with Gasteiger partial charge < -0.3 is 15.1 Å². The SMILES string of the molecule is CCCNC(=O)N(OC=O)c1ccc2[nH]nc(C(=O)N3CC4CCC3CN4C)c2c1. The Hall–Kier alpha value is -3.14. The van der Waals surface area contributed by atoms with Crippen molar-refractivity contribution < 1.29 is 19.2 Å². The summed E-state index contributed by atoms with van der Waals surface area (Å²) in [7, 11) is 2.10. The Morgan fingerprint density at radius 2 is 2.13 bits per heavy atom. The van der Waals surface area contributed by atoms with Crippen molar-refractivity contribution in [2.75, 3.05) is 31.7 Å². The van der Waals surface area contributed by atoms with Gasteiger partial charge in [-0.2, -0.15) is 5.10 Å². The highest BCUT2D eigenvalue weighted by Crippen LogP contribution is 2.31. The van der Waals surface area contributed by atoms with E-state index in [2.05, 4.69) is 27.5 Å². The molecule has 3 saturated heterocycles. The molecule has 5 rings (SSSR count). The number of hydrogen-bond acceptors (Lipinski definition) is 6. The molecule has 0 spiro atoms. The molecule has 0 saturated carbocycles. The quantitative estimate of drug-likeness (QED) is 0.547. The van der Waals surface area contributed by atoms with Gasteiger partial charge >= 0.3 is 12.5 Å². The zero-order valence-corrected chi connectivity index (χ0v) is 17.1. The highest BCUT2D eigenvalue weighted by Gasteiger charge is 2.40. The number of piperidine rings is 2. The van der Waals surface area contributed by atoms with Gasteiger partial charge in [-0.15, -0.1) is 5.06 Å². The van der Waals surface area contributed by atoms with Crippen LogP contribution in [0.3, 0.4) is 0 Å². The third-order valence-corrected chi connectivity index (χ3v) is 5.91. The van der Waals surface area contributed by atoms with Crippen molar-refractivity contribution in [3.63, 3.8) is 0 Å². The van der Waals surface area contributed by atoms with E-state index in [1.54, 1.807) is 18.2 Å². The number of likely N-dealkylation sites (N-methyl/N-ethyl adjacent to an activating group) is 1. The predicted octanol–water partition coefficient (Wildman–Crippen LogP) is 1.50. The Balaban J connectivity index is 1.63. The van der Waals surface area contributed by atoms with Crippen LogP contribution in [0.25, 0.3) is 10.9 Å². The number of nitrogens with zero attached hydrogens (tertiary/aromatic N) is 4. The van der Waals surface area contributed by atoms with Crippen LogP contribution < -0.4 is 10.4 Å². The summed E-state index contributed by atoms with van der Waals surface area (Å²) in [6.07, 6.45) is 2.83. The average Bonchev–Trinajstić information content (AvgIpc) is 3.18. The number of benzene rings is 1. The number of nitrogens with one attached hydrogen (secondary N) is 2. The molecule has 3 aliphatic rings. The molecule has 0 aliphatic carbocycles. The first-order valence-corrected chi connectivity index (χ1v) is 10.2. The zero-order chi connectivity index (χ0) is 21.3. The Kier molecular flexibility index (Phi) is 5.58. The molecule has 2 atom stereocenters. The minimum absolute atomic E-state index is 0.125. The number of aromatic nitrogens is 2. The fourth-order valence-electron chi connectivity index (χ4n) is 4.29. The second-order valence-corrected chi connectivity index (χ2v) is 7.81. The van der Waals surface area contributed by atoms with Gasteiger partial charge in [-0.3, -0.25) is 19.6 Å². The van der Waals surface area contributed by atoms with Crippen LogP contribution in [0.15, 0.2) is 18.2 Å². The summed E-state index contributed by atoms with van der Waals surface area (Å²) in [5.74, 6) is -0.125. The fourth-order valence-corrected chi connectivity index (χ4v) is 4.29. The van der Waals surface area contributed by atoms with Crippen LogP contribution in [0.4, 0.5) is 10.5 Å². The summed E-state index contributed by atoms with van der Waals surface area (Å²) in [5.41, 5.74) is 1.31. The van der Waals surface area contributed by atoms with Crippen LogP contribution in [0.5, 0.6) is 0 Å². The lowest BCUT2D eigenvalue weighted by Gasteiger charge is -2.50. The highest BCUT2D eigenvalue weighted by atomic mass is 16.7. The molecule has 2 unspecified atom stereocenters. The van der Waals surface area contributed by atoms with Gasteiger partial charge in [0, 0.05) is 37.1 Å². The van der Waals surface area contributed by atoms with Crippen molar-refractivity contribution in [1.29, 1.82) is 0 Å². The molecule has 3 amide bonds. The third-order valence-electron chi connectivity index (χ3n) is 5.91. The van der Waals surface area contributed by atoms with E-state index in [-0.39, 0.29) is 18.4 Å². The molecule has 1 aromatic heterocycles. The molecular formula is C20H26N6O4. The summed E-state index contributed by atoms with van der Waals surface area (Å²) in [6.45, 7) is 4.11. The second kappa shape index (κ2) is 8.31. The van der Waals surface area contributed by atoms with E-state index < -0.39 is 6.03 Å². The van der Waals surface area contributed by atoms with Crippen molar-refractivity contribution in [1.82, 2.24) is 25.3 Å². The molecule has 3 fully saturated rings. The number of fused-ring (bicyclic) bond motifs is 4. The van der Waals surface area contributed by atoms with E-state index in [0.29, 0.717) is 41.4 Å². The van der Waals surface area contributed by atoms with E-state index in [1.807, 2.05) is 11.8 Å². The van der Waals surface area contributed by atoms with Crippen molar-refractivity contribution in [3.05, 3.63) is 23.9 Å². The Bertz CT molecular complexity index is 960. The van der Waals surface area contributed by atoms with E-state index in [0.717, 1.165) is 30.9 Å². The standard InChI is InChI=1S/C20H26N6O4/c1-3-8-21-20(29)26(30-12-27)13-6-7-17-16(9-13)18(23-22-17)19(28)25-11-14-4-5-15(25)10-24(14)2/h6-7,9,12,14-15H,3-5,8,10-11H2,1-2H3,(H,21,29)(H,22,23). The molecule has 2 N–H and O–H groups in total. The molecule has 2 bridgehead atoms. The van der Waals surface area contributed by atoms with Crippen LogP contribution in [0.1, 0.15) is 36.7 Å². The van der Waals surface area contributed by atoms with Gasteiger partial charge in [-0.25, -0.2) is 4.79 Å². The zero-order valence-electron chi connectivity index (χ0n) is 17.1. The lowest BCUT2D eigenvalue weighted by molar-refractivity contribution is -0.128. The smallest absolute Gasteiger partial charge is 0.335 e. The average molecular weight is 414 g/mol. The minimum Gasteiger partial charge on any atom is -0.335 e. The number of urea groups is 1. The highest BCUT2D eigenvalue weighted by molar-refractivity contribution is 6.06. The van der Waals surface area contributed by atoms with Gasteiger partial charge in [0.2, 0.25) is 0 Å². The minimum atomic E-state index is -0.559. The number of anilines is 1. The van der Waals surface area contributed by atoms with Gasteiger partial charge in [-0.1, -0.05) is 6.92 Å². The van der Waals surface area contributed by atoms with Crippen LogP contribution in [0, 0.1) is 0 Å². The van der Waals surface area contributed by atoms with Crippen molar-refractivity contribution in [2.24, 2.45) is 0 Å². The molecule has 10 nitrogen and oxygen atoms in total. The fraction of sp³-hybridized carbons (Fsp3) is 0.500. The molecule has 0 radical (unpaired) electrons. The largest absolute Gasteiger partial charge is 0.355 e. The summed E-state index contributed by atoms with van der Waals surface area (Å²) < 4.78 is 0. The number of carbonyl (C=O) groups excluding carboxylic acids is 3. The Morgan fingerprint density at radius 3 is 2.80 bits per heavy atom. The molecular weight excluding hydrogens is 388 g/mol. The van der Waals surface area contributed by atoms with Gasteiger partial charge in [0.1, 0.15) is 0 Å². The van der Waals surface area contributed by atoms with E-state index >= 15 is 0 Å². The Labute approximate surface area is 174 Å². The lowest BCUT2D eigenvalue weighted by Crippen LogP contribution is -2.62. The normalized spacial score (nSPS) is 20.9. The maximum atomic E-state index is 13.3. The first-order valence-electron chi connectivity index (χ1n) is 10.2. The van der Waals surface area contributed by atoms with Crippen molar-refractivity contribution in [3.8, 4) is 0 Å². The summed E-state index contributed by atoms with van der Waals surface area (Å²) in [6, 6.07) is 4.96. The Morgan fingerprint density at radius 1 is 1.33 bits per heavy atom. The summed E-state index contributed by atoms with van der Waals surface area (Å²) in [4.78, 5) is 45.7. The van der Waals surface area contributed by atoms with E-state index in [9.17, 15) is 14.4 Å². The summed E-state index contributed by atoms with van der Waals surface area (Å²) in [5, 5.41) is 11.3. The van der Waals surface area contributed by atoms with Crippen LogP contribution >= 0.6 is 0 Å². The monoisotopic (exact) mass is 414 g/mol. The molecule has 4 heterocycles. The molecule has 160 valence electrons. The number of hydrogen-bond donors (Lipinski definition) is 2. The van der Waals surface area contributed by atoms with Crippen LogP contribution in [-0.4, -0.2) is 77.2 Å². The molecule has 30 heavy (non-hydrogen) atoms.